The quantitative estimate of drug-likeness (QED) is 0.328. The Hall–Kier alpha value is -4.38. The molecule has 172 valence electrons. The first-order chi connectivity index (χ1) is 16.3. The Morgan fingerprint density at radius 1 is 1.06 bits per heavy atom. The normalized spacial score (nSPS) is 10.8. The number of aryl methyl sites for hydroxylation is 1. The molecule has 0 amide bonds. The van der Waals surface area contributed by atoms with Crippen LogP contribution < -0.4 is 15.2 Å². The number of hydrogen-bond acceptors (Lipinski definition) is 5. The number of hydrogen-bond donors (Lipinski definition) is 1. The van der Waals surface area contributed by atoms with E-state index in [0.29, 0.717) is 34.3 Å². The second-order valence-electron chi connectivity index (χ2n) is 8.12. The highest BCUT2D eigenvalue weighted by Gasteiger charge is 2.20. The molecule has 7 nitrogen and oxygen atoms in total. The molecule has 2 aromatic carbocycles. The molecule has 0 aliphatic carbocycles. The summed E-state index contributed by atoms with van der Waals surface area (Å²) in [5.74, 6) is 1.04. The van der Waals surface area contributed by atoms with E-state index >= 15 is 0 Å². The van der Waals surface area contributed by atoms with Crippen LogP contribution in [0, 0.1) is 19.3 Å². The Bertz CT molecular complexity index is 1340. The van der Waals surface area contributed by atoms with E-state index in [1.807, 2.05) is 32.9 Å². The summed E-state index contributed by atoms with van der Waals surface area (Å²) in [4.78, 5) is 7.77. The van der Waals surface area contributed by atoms with Crippen LogP contribution in [0.15, 0.2) is 60.8 Å². The average Bonchev–Trinajstić information content (AvgIpc) is 3.15. The first-order valence-electron chi connectivity index (χ1n) is 10.7. The molecule has 0 unspecified atom stereocenters. The molecule has 0 saturated heterocycles. The lowest BCUT2D eigenvalue weighted by molar-refractivity contribution is 0.302. The van der Waals surface area contributed by atoms with Crippen LogP contribution in [0.1, 0.15) is 36.7 Å². The summed E-state index contributed by atoms with van der Waals surface area (Å²) < 4.78 is 27.2. The van der Waals surface area contributed by atoms with Crippen LogP contribution in [0.3, 0.4) is 0 Å². The first kappa shape index (κ1) is 22.8. The van der Waals surface area contributed by atoms with Gasteiger partial charge >= 0.3 is 0 Å². The molecule has 0 aliphatic heterocycles. The molecule has 4 aromatic rings. The topological polar surface area (TPSA) is 79.5 Å². The van der Waals surface area contributed by atoms with E-state index in [-0.39, 0.29) is 18.3 Å². The molecule has 2 heterocycles. The van der Waals surface area contributed by atoms with Crippen molar-refractivity contribution in [3.8, 4) is 22.9 Å². The second-order valence-corrected chi connectivity index (χ2v) is 8.12. The third-order valence-corrected chi connectivity index (χ3v) is 5.12. The lowest BCUT2D eigenvalue weighted by Gasteiger charge is -2.10. The summed E-state index contributed by atoms with van der Waals surface area (Å²) in [6.07, 6.45) is 1.73. The third-order valence-electron chi connectivity index (χ3n) is 5.12. The van der Waals surface area contributed by atoms with Crippen LogP contribution in [0.25, 0.3) is 10.5 Å². The molecule has 2 aromatic heterocycles. The molecule has 0 fully saturated rings. The molecular weight excluding hydrogens is 433 g/mol. The maximum absolute atomic E-state index is 14.2. The number of aromatic nitrogens is 3. The summed E-state index contributed by atoms with van der Waals surface area (Å²) >= 11 is 0. The standard InChI is InChI=1S/C26H24FN5O2/c1-16(2)25-24(28)26(29-4)32(31-25)20-7-9-21(10-8-20)34-23-12-19(27)11-22(13-23)33-15-18-6-5-17(3)30-14-18/h5-14,16H,15,28H2,1-3H3. The van der Waals surface area contributed by atoms with Gasteiger partial charge in [0.2, 0.25) is 0 Å². The van der Waals surface area contributed by atoms with Gasteiger partial charge in [-0.05, 0) is 37.3 Å². The van der Waals surface area contributed by atoms with Crippen LogP contribution in [0.2, 0.25) is 0 Å². The van der Waals surface area contributed by atoms with Crippen LogP contribution in [-0.2, 0) is 6.61 Å². The van der Waals surface area contributed by atoms with Gasteiger partial charge in [-0.2, -0.15) is 4.68 Å². The molecule has 0 aliphatic rings. The molecule has 0 saturated carbocycles. The van der Waals surface area contributed by atoms with E-state index in [1.54, 1.807) is 36.5 Å². The van der Waals surface area contributed by atoms with E-state index in [0.717, 1.165) is 11.3 Å². The van der Waals surface area contributed by atoms with Crippen molar-refractivity contribution < 1.29 is 13.9 Å². The smallest absolute Gasteiger partial charge is 0.280 e. The summed E-state index contributed by atoms with van der Waals surface area (Å²) in [6.45, 7) is 13.6. The van der Waals surface area contributed by atoms with Crippen molar-refractivity contribution in [2.24, 2.45) is 0 Å². The zero-order valence-electron chi connectivity index (χ0n) is 19.1. The Morgan fingerprint density at radius 2 is 1.79 bits per heavy atom. The maximum Gasteiger partial charge on any atom is 0.280 e. The largest absolute Gasteiger partial charge is 0.489 e. The van der Waals surface area contributed by atoms with Gasteiger partial charge in [-0.15, -0.1) is 0 Å². The highest BCUT2D eigenvalue weighted by atomic mass is 19.1. The number of nitrogens with zero attached hydrogens (tertiary/aromatic N) is 4. The fourth-order valence-electron chi connectivity index (χ4n) is 3.37. The molecule has 0 radical (unpaired) electrons. The molecule has 0 bridgehead atoms. The maximum atomic E-state index is 14.2. The van der Waals surface area contributed by atoms with Crippen LogP contribution in [-0.4, -0.2) is 14.8 Å². The predicted octanol–water partition coefficient (Wildman–Crippen LogP) is 6.34. The number of ether oxygens (including phenoxy) is 2. The number of anilines is 1. The van der Waals surface area contributed by atoms with Crippen molar-refractivity contribution in [2.45, 2.75) is 33.3 Å². The van der Waals surface area contributed by atoms with Gasteiger partial charge < -0.3 is 20.1 Å². The number of pyridine rings is 1. The zero-order chi connectivity index (χ0) is 24.2. The van der Waals surface area contributed by atoms with E-state index in [2.05, 4.69) is 14.9 Å². The minimum absolute atomic E-state index is 0.0935. The first-order valence-corrected chi connectivity index (χ1v) is 10.7. The van der Waals surface area contributed by atoms with Gasteiger partial charge in [0.15, 0.2) is 0 Å². The lowest BCUT2D eigenvalue weighted by Crippen LogP contribution is -1.98. The number of nitrogens with two attached hydrogens (primary N) is 1. The minimum atomic E-state index is -0.471. The molecule has 4 rings (SSSR count). The van der Waals surface area contributed by atoms with Crippen LogP contribution >= 0.6 is 0 Å². The summed E-state index contributed by atoms with van der Waals surface area (Å²) in [5, 5.41) is 4.50. The SMILES string of the molecule is [C-]#[N+]c1c(N)c(C(C)C)nn1-c1ccc(Oc2cc(F)cc(OCc3ccc(C)nc3)c2)cc1. The Balaban J connectivity index is 1.50. The summed E-state index contributed by atoms with van der Waals surface area (Å²) in [6, 6.07) is 15.0. The number of nitrogen functional groups attached to an aromatic ring is 1. The Kier molecular flexibility index (Phi) is 6.46. The number of benzene rings is 2. The highest BCUT2D eigenvalue weighted by Crippen LogP contribution is 2.34. The van der Waals surface area contributed by atoms with E-state index in [9.17, 15) is 4.39 Å². The van der Waals surface area contributed by atoms with Gasteiger partial charge in [-0.1, -0.05) is 31.6 Å². The van der Waals surface area contributed by atoms with Crippen LogP contribution in [0.5, 0.6) is 17.2 Å². The average molecular weight is 458 g/mol. The second kappa shape index (κ2) is 9.63. The molecule has 0 atom stereocenters. The van der Waals surface area contributed by atoms with Crippen LogP contribution in [0.4, 0.5) is 15.9 Å². The van der Waals surface area contributed by atoms with Gasteiger partial charge in [0.05, 0.1) is 11.4 Å². The van der Waals surface area contributed by atoms with Crippen molar-refractivity contribution in [3.63, 3.8) is 0 Å². The number of halogens is 1. The van der Waals surface area contributed by atoms with Crippen molar-refractivity contribution in [2.75, 3.05) is 5.73 Å². The van der Waals surface area contributed by atoms with Gasteiger partial charge in [0.25, 0.3) is 5.82 Å². The third kappa shape index (κ3) is 4.99. The highest BCUT2D eigenvalue weighted by molar-refractivity contribution is 5.69. The van der Waals surface area contributed by atoms with Crippen molar-refractivity contribution in [3.05, 3.63) is 95.0 Å². The van der Waals surface area contributed by atoms with Crippen molar-refractivity contribution in [1.82, 2.24) is 14.8 Å². The van der Waals surface area contributed by atoms with Crippen molar-refractivity contribution >= 4 is 11.5 Å². The molecule has 8 heteroatoms. The fraction of sp³-hybridized carbons (Fsp3) is 0.192. The number of rotatable bonds is 7. The van der Waals surface area contributed by atoms with E-state index < -0.39 is 5.82 Å². The van der Waals surface area contributed by atoms with Gasteiger partial charge in [0, 0.05) is 41.6 Å². The van der Waals surface area contributed by atoms with Gasteiger partial charge in [-0.25, -0.2) is 4.39 Å². The predicted molar refractivity (Wildman–Crippen MR) is 128 cm³/mol. The van der Waals surface area contributed by atoms with Gasteiger partial charge in [-0.3, -0.25) is 4.98 Å². The lowest BCUT2D eigenvalue weighted by atomic mass is 10.1. The minimum Gasteiger partial charge on any atom is -0.489 e. The summed E-state index contributed by atoms with van der Waals surface area (Å²) in [7, 11) is 0. The van der Waals surface area contributed by atoms with E-state index in [1.165, 1.54) is 16.8 Å². The fourth-order valence-corrected chi connectivity index (χ4v) is 3.37. The molecule has 2 N–H and O–H groups in total. The monoisotopic (exact) mass is 457 g/mol. The summed E-state index contributed by atoms with van der Waals surface area (Å²) in [5.41, 5.74) is 9.65. The Morgan fingerprint density at radius 3 is 2.44 bits per heavy atom. The molecule has 0 spiro atoms. The molecule has 34 heavy (non-hydrogen) atoms. The molecular formula is C26H24FN5O2. The Labute approximate surface area is 197 Å². The van der Waals surface area contributed by atoms with Crippen molar-refractivity contribution in [1.29, 1.82) is 0 Å². The van der Waals surface area contributed by atoms with Gasteiger partial charge in [0.1, 0.15) is 35.4 Å². The zero-order valence-corrected chi connectivity index (χ0v) is 19.1. The van der Waals surface area contributed by atoms with E-state index in [4.69, 9.17) is 21.8 Å².